The molecule has 0 aliphatic heterocycles. The van der Waals surface area contributed by atoms with Crippen molar-refractivity contribution < 1.29 is 9.84 Å². The van der Waals surface area contributed by atoms with Crippen LogP contribution in [0.5, 0.6) is 5.75 Å². The smallest absolute Gasteiger partial charge is 0.328 e. The fourth-order valence-electron chi connectivity index (χ4n) is 3.26. The molecule has 4 aromatic rings. The zero-order chi connectivity index (χ0) is 20.0. The third-order valence-corrected chi connectivity index (χ3v) is 4.77. The van der Waals surface area contributed by atoms with E-state index in [0.29, 0.717) is 33.4 Å². The highest BCUT2D eigenvalue weighted by atomic mass is 16.5. The molecule has 0 unspecified atom stereocenters. The van der Waals surface area contributed by atoms with Crippen LogP contribution in [-0.4, -0.2) is 31.3 Å². The van der Waals surface area contributed by atoms with Gasteiger partial charge in [0.2, 0.25) is 0 Å². The number of rotatable bonds is 3. The lowest BCUT2D eigenvalue weighted by Crippen LogP contribution is -2.19. The molecule has 4 rings (SSSR count). The molecule has 0 bridgehead atoms. The summed E-state index contributed by atoms with van der Waals surface area (Å²) < 4.78 is 8.26. The first-order valence-electron chi connectivity index (χ1n) is 8.54. The van der Waals surface area contributed by atoms with Crippen LogP contribution in [0.3, 0.4) is 0 Å². The van der Waals surface area contributed by atoms with E-state index in [2.05, 4.69) is 9.97 Å². The molecule has 0 spiro atoms. The molecule has 28 heavy (non-hydrogen) atoms. The van der Waals surface area contributed by atoms with Crippen LogP contribution in [0.1, 0.15) is 11.3 Å². The first-order chi connectivity index (χ1) is 13.4. The Morgan fingerprint density at radius 3 is 2.54 bits per heavy atom. The molecule has 2 N–H and O–H groups in total. The van der Waals surface area contributed by atoms with E-state index < -0.39 is 5.56 Å². The van der Waals surface area contributed by atoms with Gasteiger partial charge in [-0.05, 0) is 24.3 Å². The summed E-state index contributed by atoms with van der Waals surface area (Å²) in [5.41, 5.74) is 2.29. The predicted octanol–water partition coefficient (Wildman–Crippen LogP) is 2.18. The van der Waals surface area contributed by atoms with Crippen molar-refractivity contribution in [2.45, 2.75) is 0 Å². The monoisotopic (exact) mass is 378 g/mol. The highest BCUT2D eigenvalue weighted by molar-refractivity contribution is 5.92. The zero-order valence-electron chi connectivity index (χ0n) is 15.6. The number of ether oxygens (including phenoxy) is 1. The average molecular weight is 378 g/mol. The van der Waals surface area contributed by atoms with E-state index in [0.717, 1.165) is 0 Å². The van der Waals surface area contributed by atoms with Crippen molar-refractivity contribution in [2.24, 2.45) is 14.1 Å². The molecule has 2 heterocycles. The van der Waals surface area contributed by atoms with Gasteiger partial charge >= 0.3 is 5.69 Å². The summed E-state index contributed by atoms with van der Waals surface area (Å²) in [6, 6.07) is 10.4. The number of imidazole rings is 1. The van der Waals surface area contributed by atoms with Gasteiger partial charge in [-0.1, -0.05) is 12.1 Å². The number of nitrogens with zero attached hydrogens (tertiary/aromatic N) is 3. The van der Waals surface area contributed by atoms with Gasteiger partial charge in [0.15, 0.2) is 0 Å². The van der Waals surface area contributed by atoms with Crippen LogP contribution >= 0.6 is 0 Å². The SMILES string of the molecule is COc1ccccc1C(O)=Cc1nc2cc3c(cc2[nH]c1=O)n(C)c(=O)n3C. The molecule has 0 saturated heterocycles. The van der Waals surface area contributed by atoms with E-state index in [9.17, 15) is 14.7 Å². The summed E-state index contributed by atoms with van der Waals surface area (Å²) in [6.45, 7) is 0. The number of aromatic amines is 1. The molecule has 2 aromatic carbocycles. The summed E-state index contributed by atoms with van der Waals surface area (Å²) in [7, 11) is 4.85. The Bertz CT molecular complexity index is 1370. The highest BCUT2D eigenvalue weighted by Crippen LogP contribution is 2.25. The number of aryl methyl sites for hydroxylation is 2. The number of methoxy groups -OCH3 is 1. The average Bonchev–Trinajstić information content (AvgIpc) is 2.90. The quantitative estimate of drug-likeness (QED) is 0.532. The maximum atomic E-state index is 12.5. The number of hydrogen-bond donors (Lipinski definition) is 2. The number of aliphatic hydroxyl groups is 1. The summed E-state index contributed by atoms with van der Waals surface area (Å²) >= 11 is 0. The van der Waals surface area contributed by atoms with Gasteiger partial charge in [0.05, 0.1) is 34.7 Å². The summed E-state index contributed by atoms with van der Waals surface area (Å²) in [5, 5.41) is 10.5. The standard InChI is InChI=1S/C20H18N4O4/c1-23-15-8-12-13(9-16(15)24(2)20(23)27)22-19(26)14(21-12)10-17(25)11-6-4-5-7-18(11)28-3/h4-10,25H,1-3H3,(H,22,26). The van der Waals surface area contributed by atoms with Crippen LogP contribution in [0.25, 0.3) is 33.9 Å². The van der Waals surface area contributed by atoms with Crippen LogP contribution in [0.4, 0.5) is 0 Å². The van der Waals surface area contributed by atoms with Gasteiger partial charge in [-0.3, -0.25) is 13.9 Å². The van der Waals surface area contributed by atoms with Gasteiger partial charge < -0.3 is 14.8 Å². The van der Waals surface area contributed by atoms with E-state index in [-0.39, 0.29) is 17.1 Å². The zero-order valence-corrected chi connectivity index (χ0v) is 15.6. The van der Waals surface area contributed by atoms with Crippen molar-refractivity contribution >= 4 is 33.9 Å². The molecular formula is C20H18N4O4. The largest absolute Gasteiger partial charge is 0.507 e. The Morgan fingerprint density at radius 2 is 1.82 bits per heavy atom. The van der Waals surface area contributed by atoms with E-state index >= 15 is 0 Å². The second-order valence-electron chi connectivity index (χ2n) is 6.44. The maximum absolute atomic E-state index is 12.5. The minimum absolute atomic E-state index is 0.0520. The molecule has 0 amide bonds. The Balaban J connectivity index is 1.91. The molecule has 8 nitrogen and oxygen atoms in total. The lowest BCUT2D eigenvalue weighted by Gasteiger charge is -2.07. The van der Waals surface area contributed by atoms with E-state index in [4.69, 9.17) is 4.74 Å². The molecule has 0 fully saturated rings. The molecular weight excluding hydrogens is 360 g/mol. The number of nitrogens with one attached hydrogen (secondary N) is 1. The van der Waals surface area contributed by atoms with Gasteiger partial charge in [-0.2, -0.15) is 0 Å². The number of aliphatic hydroxyl groups excluding tert-OH is 1. The van der Waals surface area contributed by atoms with Gasteiger partial charge in [-0.15, -0.1) is 0 Å². The van der Waals surface area contributed by atoms with Crippen LogP contribution in [0, 0.1) is 0 Å². The molecule has 0 atom stereocenters. The van der Waals surface area contributed by atoms with Crippen LogP contribution < -0.4 is 16.0 Å². The maximum Gasteiger partial charge on any atom is 0.328 e. The number of aromatic nitrogens is 4. The van der Waals surface area contributed by atoms with Crippen LogP contribution in [0.15, 0.2) is 46.0 Å². The number of H-pyrrole nitrogens is 1. The molecule has 0 saturated carbocycles. The number of benzene rings is 2. The van der Waals surface area contributed by atoms with Gasteiger partial charge in [0.25, 0.3) is 5.56 Å². The lowest BCUT2D eigenvalue weighted by molar-refractivity contribution is 0.409. The number of hydrogen-bond acceptors (Lipinski definition) is 5. The molecule has 0 radical (unpaired) electrons. The third-order valence-electron chi connectivity index (χ3n) is 4.77. The van der Waals surface area contributed by atoms with Gasteiger partial charge in [0.1, 0.15) is 17.2 Å². The van der Waals surface area contributed by atoms with Crippen molar-refractivity contribution in [3.05, 3.63) is 68.5 Å². The van der Waals surface area contributed by atoms with E-state index in [1.807, 2.05) is 0 Å². The minimum Gasteiger partial charge on any atom is -0.507 e. The van der Waals surface area contributed by atoms with Crippen LogP contribution in [-0.2, 0) is 14.1 Å². The third kappa shape index (κ3) is 2.66. The second-order valence-corrected chi connectivity index (χ2v) is 6.44. The topological polar surface area (TPSA) is 102 Å². The molecule has 0 aliphatic rings. The summed E-state index contributed by atoms with van der Waals surface area (Å²) in [4.78, 5) is 31.8. The van der Waals surface area contributed by atoms with E-state index in [1.165, 1.54) is 22.3 Å². The summed E-state index contributed by atoms with van der Waals surface area (Å²) in [5.74, 6) is 0.345. The van der Waals surface area contributed by atoms with Gasteiger partial charge in [-0.25, -0.2) is 9.78 Å². The number of fused-ring (bicyclic) bond motifs is 2. The minimum atomic E-state index is -0.450. The molecule has 2 aromatic heterocycles. The van der Waals surface area contributed by atoms with Crippen LogP contribution in [0.2, 0.25) is 0 Å². The fraction of sp³-hybridized carbons (Fsp3) is 0.150. The predicted molar refractivity (Wildman–Crippen MR) is 108 cm³/mol. The first kappa shape index (κ1) is 17.6. The van der Waals surface area contributed by atoms with E-state index in [1.54, 1.807) is 50.5 Å². The first-order valence-corrected chi connectivity index (χ1v) is 8.54. The Kier molecular flexibility index (Phi) is 4.03. The fourth-order valence-corrected chi connectivity index (χ4v) is 3.26. The van der Waals surface area contributed by atoms with Crippen molar-refractivity contribution in [3.8, 4) is 5.75 Å². The lowest BCUT2D eigenvalue weighted by atomic mass is 10.1. The second kappa shape index (κ2) is 6.41. The Labute approximate surface area is 159 Å². The normalized spacial score (nSPS) is 12.0. The van der Waals surface area contributed by atoms with Crippen molar-refractivity contribution in [1.29, 1.82) is 0 Å². The molecule has 142 valence electrons. The van der Waals surface area contributed by atoms with Crippen molar-refractivity contribution in [1.82, 2.24) is 19.1 Å². The Hall–Kier alpha value is -3.81. The molecule has 0 aliphatic carbocycles. The number of para-hydroxylation sites is 1. The van der Waals surface area contributed by atoms with Crippen molar-refractivity contribution in [2.75, 3.05) is 7.11 Å². The molecule has 8 heteroatoms. The summed E-state index contributed by atoms with van der Waals surface area (Å²) in [6.07, 6.45) is 1.30. The Morgan fingerprint density at radius 1 is 1.14 bits per heavy atom. The highest BCUT2D eigenvalue weighted by Gasteiger charge is 2.13. The van der Waals surface area contributed by atoms with Gasteiger partial charge in [0, 0.05) is 20.2 Å². The van der Waals surface area contributed by atoms with Crippen molar-refractivity contribution in [3.63, 3.8) is 0 Å².